The topological polar surface area (TPSA) is 38.3 Å². The van der Waals surface area contributed by atoms with Gasteiger partial charge in [-0.1, -0.05) is 25.5 Å². The van der Waals surface area contributed by atoms with Gasteiger partial charge in [-0.2, -0.15) is 0 Å². The lowest BCUT2D eigenvalue weighted by atomic mass is 9.98. The summed E-state index contributed by atoms with van der Waals surface area (Å²) >= 11 is 0. The Morgan fingerprint density at radius 2 is 2.35 bits per heavy atom. The van der Waals surface area contributed by atoms with Crippen LogP contribution in [0.1, 0.15) is 37.7 Å². The molecule has 0 radical (unpaired) electrons. The number of hydrogen-bond acceptors (Lipinski definition) is 2. The Hall–Kier alpha value is -1.51. The fourth-order valence-electron chi connectivity index (χ4n) is 2.03. The van der Waals surface area contributed by atoms with Gasteiger partial charge in [0.15, 0.2) is 0 Å². The zero-order valence-electron chi connectivity index (χ0n) is 10.2. The first-order chi connectivity index (χ1) is 8.29. The lowest BCUT2D eigenvalue weighted by Crippen LogP contribution is -2.13. The lowest BCUT2D eigenvalue weighted by molar-refractivity contribution is -0.119. The smallest absolute Gasteiger partial charge is 0.220 e. The summed E-state index contributed by atoms with van der Waals surface area (Å²) in [7, 11) is 0. The van der Waals surface area contributed by atoms with Crippen LogP contribution in [0.25, 0.3) is 0 Å². The summed E-state index contributed by atoms with van der Waals surface area (Å²) in [5, 5.41) is 2.86. The average Bonchev–Trinajstić information content (AvgIpc) is 2.77. The molecular weight excluding hydrogens is 214 g/mol. The molecule has 1 aromatic rings. The van der Waals surface area contributed by atoms with Crippen LogP contribution in [0, 0.1) is 0 Å². The molecule has 1 aliphatic rings. The molecule has 1 fully saturated rings. The first kappa shape index (κ1) is 12.0. The number of rotatable bonds is 5. The van der Waals surface area contributed by atoms with E-state index in [2.05, 4.69) is 24.4 Å². The average molecular weight is 233 g/mol. The van der Waals surface area contributed by atoms with Gasteiger partial charge in [0.05, 0.1) is 6.61 Å². The number of amides is 1. The molecule has 3 heteroatoms. The van der Waals surface area contributed by atoms with E-state index in [4.69, 9.17) is 4.74 Å². The van der Waals surface area contributed by atoms with E-state index in [1.807, 2.05) is 12.1 Å². The lowest BCUT2D eigenvalue weighted by Gasteiger charge is -2.10. The van der Waals surface area contributed by atoms with Crippen LogP contribution >= 0.6 is 0 Å². The highest BCUT2D eigenvalue weighted by molar-refractivity contribution is 5.79. The van der Waals surface area contributed by atoms with Crippen molar-refractivity contribution in [2.45, 2.75) is 32.1 Å². The van der Waals surface area contributed by atoms with Crippen LogP contribution < -0.4 is 10.1 Å². The number of hydrogen-bond donors (Lipinski definition) is 1. The molecule has 1 aromatic carbocycles. The molecule has 1 saturated heterocycles. The summed E-state index contributed by atoms with van der Waals surface area (Å²) in [6.45, 7) is 3.66. The van der Waals surface area contributed by atoms with Crippen LogP contribution in [0.2, 0.25) is 0 Å². The summed E-state index contributed by atoms with van der Waals surface area (Å²) in [5.41, 5.74) is 1.19. The van der Waals surface area contributed by atoms with Crippen LogP contribution in [0.15, 0.2) is 24.3 Å². The summed E-state index contributed by atoms with van der Waals surface area (Å²) in [6.07, 6.45) is 2.81. The second kappa shape index (κ2) is 5.71. The van der Waals surface area contributed by atoms with Gasteiger partial charge in [-0.15, -0.1) is 0 Å². The zero-order chi connectivity index (χ0) is 12.1. The maximum absolute atomic E-state index is 11.2. The highest BCUT2D eigenvalue weighted by Crippen LogP contribution is 2.26. The second-order valence-electron chi connectivity index (χ2n) is 4.48. The Bertz CT molecular complexity index is 390. The number of unbranched alkanes of at least 4 members (excludes halogenated alkanes) is 1. The highest BCUT2D eigenvalue weighted by Gasteiger charge is 2.22. The fourth-order valence-corrected chi connectivity index (χ4v) is 2.03. The van der Waals surface area contributed by atoms with Crippen LogP contribution in [-0.4, -0.2) is 19.1 Å². The minimum absolute atomic E-state index is 0.146. The van der Waals surface area contributed by atoms with Gasteiger partial charge in [-0.25, -0.2) is 0 Å². The van der Waals surface area contributed by atoms with Gasteiger partial charge in [0.25, 0.3) is 0 Å². The van der Waals surface area contributed by atoms with Crippen molar-refractivity contribution in [2.75, 3.05) is 13.2 Å². The molecule has 1 amide bonds. The normalized spacial score (nSPS) is 19.1. The first-order valence-electron chi connectivity index (χ1n) is 6.29. The van der Waals surface area contributed by atoms with E-state index in [0.29, 0.717) is 12.3 Å². The third-order valence-electron chi connectivity index (χ3n) is 3.07. The van der Waals surface area contributed by atoms with Crippen LogP contribution in [0.4, 0.5) is 0 Å². The molecule has 1 unspecified atom stereocenters. The number of carbonyl (C=O) groups excluding carboxylic acids is 1. The zero-order valence-corrected chi connectivity index (χ0v) is 10.2. The molecule has 1 aliphatic heterocycles. The largest absolute Gasteiger partial charge is 0.494 e. The molecule has 17 heavy (non-hydrogen) atoms. The number of benzene rings is 1. The first-order valence-corrected chi connectivity index (χ1v) is 6.29. The van der Waals surface area contributed by atoms with E-state index in [0.717, 1.165) is 31.7 Å². The summed E-state index contributed by atoms with van der Waals surface area (Å²) in [5.74, 6) is 1.36. The molecule has 3 nitrogen and oxygen atoms in total. The molecule has 0 aromatic heterocycles. The van der Waals surface area contributed by atoms with E-state index < -0.39 is 0 Å². The Morgan fingerprint density at radius 3 is 3.06 bits per heavy atom. The van der Waals surface area contributed by atoms with E-state index in [-0.39, 0.29) is 5.91 Å². The van der Waals surface area contributed by atoms with Crippen LogP contribution in [0.5, 0.6) is 5.75 Å². The van der Waals surface area contributed by atoms with Crippen LogP contribution in [-0.2, 0) is 4.79 Å². The van der Waals surface area contributed by atoms with Gasteiger partial charge in [0, 0.05) is 18.9 Å². The Labute approximate surface area is 102 Å². The van der Waals surface area contributed by atoms with Gasteiger partial charge >= 0.3 is 0 Å². The van der Waals surface area contributed by atoms with Gasteiger partial charge in [-0.05, 0) is 24.1 Å². The fraction of sp³-hybridized carbons (Fsp3) is 0.500. The third kappa shape index (κ3) is 3.22. The number of ether oxygens (including phenoxy) is 1. The molecule has 1 atom stereocenters. The number of nitrogens with one attached hydrogen (secondary N) is 1. The summed E-state index contributed by atoms with van der Waals surface area (Å²) < 4.78 is 5.67. The minimum atomic E-state index is 0.146. The van der Waals surface area contributed by atoms with Crippen molar-refractivity contribution in [3.63, 3.8) is 0 Å². The van der Waals surface area contributed by atoms with E-state index in [9.17, 15) is 4.79 Å². The van der Waals surface area contributed by atoms with Gasteiger partial charge < -0.3 is 10.1 Å². The van der Waals surface area contributed by atoms with Gasteiger partial charge in [0.2, 0.25) is 5.91 Å². The quantitative estimate of drug-likeness (QED) is 0.793. The van der Waals surface area contributed by atoms with Crippen molar-refractivity contribution >= 4 is 5.91 Å². The van der Waals surface area contributed by atoms with Crippen molar-refractivity contribution in [2.24, 2.45) is 0 Å². The maximum atomic E-state index is 11.2. The molecular formula is C14H19NO2. The van der Waals surface area contributed by atoms with Gasteiger partial charge in [0.1, 0.15) is 5.75 Å². The predicted octanol–water partition coefficient (Wildman–Crippen LogP) is 2.47. The predicted molar refractivity (Wildman–Crippen MR) is 67.2 cm³/mol. The standard InChI is InChI=1S/C14H19NO2/c1-2-3-7-17-13-6-4-5-11(8-13)12-9-14(16)15-10-12/h4-6,8,12H,2-3,7,9-10H2,1H3,(H,15,16). The molecule has 0 bridgehead atoms. The molecule has 1 heterocycles. The second-order valence-corrected chi connectivity index (χ2v) is 4.48. The molecule has 0 spiro atoms. The van der Waals surface area contributed by atoms with Gasteiger partial charge in [-0.3, -0.25) is 4.79 Å². The van der Waals surface area contributed by atoms with Crippen molar-refractivity contribution in [1.29, 1.82) is 0 Å². The Balaban J connectivity index is 1.98. The summed E-state index contributed by atoms with van der Waals surface area (Å²) in [4.78, 5) is 11.2. The third-order valence-corrected chi connectivity index (χ3v) is 3.07. The monoisotopic (exact) mass is 233 g/mol. The van der Waals surface area contributed by atoms with E-state index >= 15 is 0 Å². The molecule has 2 rings (SSSR count). The number of carbonyl (C=O) groups is 1. The van der Waals surface area contributed by atoms with Crippen molar-refractivity contribution in [3.8, 4) is 5.75 Å². The highest BCUT2D eigenvalue weighted by atomic mass is 16.5. The van der Waals surface area contributed by atoms with Crippen LogP contribution in [0.3, 0.4) is 0 Å². The van der Waals surface area contributed by atoms with Crippen molar-refractivity contribution in [1.82, 2.24) is 5.32 Å². The molecule has 0 saturated carbocycles. The minimum Gasteiger partial charge on any atom is -0.494 e. The summed E-state index contributed by atoms with van der Waals surface area (Å²) in [6, 6.07) is 8.10. The van der Waals surface area contributed by atoms with Crippen molar-refractivity contribution in [3.05, 3.63) is 29.8 Å². The molecule has 1 N–H and O–H groups in total. The van der Waals surface area contributed by atoms with Crippen molar-refractivity contribution < 1.29 is 9.53 Å². The Morgan fingerprint density at radius 1 is 1.47 bits per heavy atom. The SMILES string of the molecule is CCCCOc1cccc(C2CNC(=O)C2)c1. The van der Waals surface area contributed by atoms with E-state index in [1.165, 1.54) is 5.56 Å². The van der Waals surface area contributed by atoms with E-state index in [1.54, 1.807) is 0 Å². The Kier molecular flexibility index (Phi) is 4.02. The molecule has 0 aliphatic carbocycles. The maximum Gasteiger partial charge on any atom is 0.220 e. The molecule has 92 valence electrons.